The van der Waals surface area contributed by atoms with Gasteiger partial charge in [0.2, 0.25) is 0 Å². The lowest BCUT2D eigenvalue weighted by molar-refractivity contribution is -0.787. The number of nitrogens with two attached hydrogens (primary N) is 1. The monoisotopic (exact) mass is 373 g/mol. The molecule has 3 N–H and O–H groups in total. The van der Waals surface area contributed by atoms with Crippen LogP contribution in [0.2, 0.25) is 0 Å². The van der Waals surface area contributed by atoms with Crippen LogP contribution in [0, 0.1) is 0 Å². The van der Waals surface area contributed by atoms with Gasteiger partial charge in [0.05, 0.1) is 11.1 Å². The van der Waals surface area contributed by atoms with Crippen LogP contribution in [0.25, 0.3) is 11.0 Å². The molecule has 0 saturated carbocycles. The van der Waals surface area contributed by atoms with Gasteiger partial charge in [-0.25, -0.2) is 4.79 Å². The number of quaternary nitrogens is 1. The largest absolute Gasteiger partial charge is 0.481 e. The number of amides is 1. The third-order valence-corrected chi connectivity index (χ3v) is 4.95. The highest BCUT2D eigenvalue weighted by Gasteiger charge is 2.42. The number of carbonyl (C=O) groups is 1. The molecular formula is C21H29N2O4+. The first-order valence-corrected chi connectivity index (χ1v) is 9.41. The van der Waals surface area contributed by atoms with Gasteiger partial charge in [0.1, 0.15) is 11.3 Å². The Labute approximate surface area is 159 Å². The zero-order valence-corrected chi connectivity index (χ0v) is 16.7. The van der Waals surface area contributed by atoms with Crippen LogP contribution in [-0.2, 0) is 4.79 Å². The number of nitrogens with one attached hydrogen (secondary N) is 1. The zero-order valence-electron chi connectivity index (χ0n) is 16.7. The summed E-state index contributed by atoms with van der Waals surface area (Å²) in [4.78, 5) is 24.0. The van der Waals surface area contributed by atoms with Gasteiger partial charge in [0, 0.05) is 36.4 Å². The minimum absolute atomic E-state index is 0.0830. The second kappa shape index (κ2) is 7.00. The highest BCUT2D eigenvalue weighted by atomic mass is 16.5. The zero-order chi connectivity index (χ0) is 19.8. The van der Waals surface area contributed by atoms with E-state index in [2.05, 4.69) is 38.3 Å². The number of rotatable bonds is 4. The second-order valence-electron chi connectivity index (χ2n) is 8.95. The Morgan fingerprint density at radius 2 is 1.81 bits per heavy atom. The number of ether oxygens (including phenoxy) is 1. The van der Waals surface area contributed by atoms with Crippen LogP contribution >= 0.6 is 0 Å². The fourth-order valence-electron chi connectivity index (χ4n) is 4.31. The third kappa shape index (κ3) is 4.89. The Morgan fingerprint density at radius 3 is 2.48 bits per heavy atom. The first-order chi connectivity index (χ1) is 12.5. The van der Waals surface area contributed by atoms with Crippen molar-refractivity contribution in [2.24, 2.45) is 0 Å². The van der Waals surface area contributed by atoms with Gasteiger partial charge in [0.15, 0.2) is 6.10 Å². The van der Waals surface area contributed by atoms with Crippen LogP contribution in [0.15, 0.2) is 39.5 Å². The van der Waals surface area contributed by atoms with E-state index < -0.39 is 11.7 Å². The molecule has 0 aliphatic carbocycles. The fourth-order valence-corrected chi connectivity index (χ4v) is 4.31. The Kier molecular flexibility index (Phi) is 5.04. The van der Waals surface area contributed by atoms with E-state index in [0.29, 0.717) is 11.3 Å². The molecule has 6 heteroatoms. The number of benzene rings is 1. The third-order valence-electron chi connectivity index (χ3n) is 4.95. The molecule has 0 radical (unpaired) electrons. The molecule has 1 saturated heterocycles. The molecule has 27 heavy (non-hydrogen) atoms. The molecule has 2 aromatic rings. The molecule has 0 spiro atoms. The van der Waals surface area contributed by atoms with Crippen molar-refractivity contribution in [3.8, 4) is 5.75 Å². The van der Waals surface area contributed by atoms with Crippen molar-refractivity contribution in [1.29, 1.82) is 0 Å². The smallest absolute Gasteiger partial charge is 0.336 e. The maximum absolute atomic E-state index is 12.6. The number of hydrogen-bond acceptors (Lipinski definition) is 4. The maximum Gasteiger partial charge on any atom is 0.336 e. The summed E-state index contributed by atoms with van der Waals surface area (Å²) in [6.07, 6.45) is 1.18. The Bertz CT molecular complexity index is 884. The molecule has 6 nitrogen and oxygen atoms in total. The van der Waals surface area contributed by atoms with Crippen molar-refractivity contribution >= 4 is 16.9 Å². The highest BCUT2D eigenvalue weighted by molar-refractivity contribution is 5.81. The summed E-state index contributed by atoms with van der Waals surface area (Å²) in [6, 6.07) is 8.41. The topological polar surface area (TPSA) is 85.1 Å². The Balaban J connectivity index is 1.66. The molecule has 1 fully saturated rings. The SMILES string of the molecule is C[C@@H](Oc1ccc2ccc(=O)oc2c1)C(=O)NC1CC(C)(C)[NH2+]C(C)(C)C1. The van der Waals surface area contributed by atoms with Crippen LogP contribution in [0.4, 0.5) is 0 Å². The summed E-state index contributed by atoms with van der Waals surface area (Å²) in [5.74, 6) is 0.361. The molecule has 0 unspecified atom stereocenters. The van der Waals surface area contributed by atoms with E-state index in [1.165, 1.54) is 6.07 Å². The second-order valence-corrected chi connectivity index (χ2v) is 8.95. The van der Waals surface area contributed by atoms with Crippen molar-refractivity contribution < 1.29 is 19.3 Å². The Hall–Kier alpha value is -2.34. The lowest BCUT2D eigenvalue weighted by atomic mass is 9.79. The molecule has 1 aliphatic rings. The molecule has 2 heterocycles. The van der Waals surface area contributed by atoms with Crippen molar-refractivity contribution in [2.75, 3.05) is 0 Å². The lowest BCUT2D eigenvalue weighted by Crippen LogP contribution is -3.06. The van der Waals surface area contributed by atoms with Gasteiger partial charge >= 0.3 is 5.63 Å². The van der Waals surface area contributed by atoms with Crippen molar-refractivity contribution in [2.45, 2.75) is 70.7 Å². The number of fused-ring (bicyclic) bond motifs is 1. The normalized spacial score (nSPS) is 20.2. The van der Waals surface area contributed by atoms with E-state index >= 15 is 0 Å². The summed E-state index contributed by atoms with van der Waals surface area (Å²) in [5, 5.41) is 6.33. The number of hydrogen-bond donors (Lipinski definition) is 2. The lowest BCUT2D eigenvalue weighted by Gasteiger charge is -2.43. The molecular weight excluding hydrogens is 344 g/mol. The molecule has 1 aromatic heterocycles. The summed E-state index contributed by atoms with van der Waals surface area (Å²) >= 11 is 0. The summed E-state index contributed by atoms with van der Waals surface area (Å²) < 4.78 is 11.0. The number of carbonyl (C=O) groups excluding carboxylic acids is 1. The number of piperidine rings is 1. The molecule has 1 aliphatic heterocycles. The molecule has 146 valence electrons. The summed E-state index contributed by atoms with van der Waals surface area (Å²) in [7, 11) is 0. The van der Waals surface area contributed by atoms with E-state index in [-0.39, 0.29) is 23.0 Å². The minimum atomic E-state index is -0.644. The van der Waals surface area contributed by atoms with Gasteiger partial charge < -0.3 is 19.8 Å². The van der Waals surface area contributed by atoms with Crippen LogP contribution in [-0.4, -0.2) is 29.1 Å². The van der Waals surface area contributed by atoms with E-state index in [4.69, 9.17) is 9.15 Å². The van der Waals surface area contributed by atoms with E-state index in [1.54, 1.807) is 31.2 Å². The van der Waals surface area contributed by atoms with Gasteiger partial charge in [-0.2, -0.15) is 0 Å². The average molecular weight is 373 g/mol. The van der Waals surface area contributed by atoms with Crippen molar-refractivity contribution in [1.82, 2.24) is 5.32 Å². The standard InChI is InChI=1S/C21H28N2O4/c1-13(19(25)22-15-11-20(2,3)23-21(4,5)12-15)26-16-8-6-14-7-9-18(24)27-17(14)10-16/h6-10,13,15,23H,11-12H2,1-5H3,(H,22,25)/p+1/t13-/m1/s1. The summed E-state index contributed by atoms with van der Waals surface area (Å²) in [6.45, 7) is 10.5. The van der Waals surface area contributed by atoms with Crippen LogP contribution < -0.4 is 21.0 Å². The van der Waals surface area contributed by atoms with Crippen molar-refractivity contribution in [3.63, 3.8) is 0 Å². The van der Waals surface area contributed by atoms with Gasteiger partial charge in [0.25, 0.3) is 5.91 Å². The molecule has 1 atom stereocenters. The highest BCUT2D eigenvalue weighted by Crippen LogP contribution is 2.23. The maximum atomic E-state index is 12.6. The van der Waals surface area contributed by atoms with Gasteiger partial charge in [-0.3, -0.25) is 4.79 Å². The first-order valence-electron chi connectivity index (χ1n) is 9.41. The molecule has 3 rings (SSSR count). The average Bonchev–Trinajstić information content (AvgIpc) is 2.51. The van der Waals surface area contributed by atoms with Crippen LogP contribution in [0.5, 0.6) is 5.75 Å². The van der Waals surface area contributed by atoms with E-state index in [9.17, 15) is 9.59 Å². The van der Waals surface area contributed by atoms with Crippen LogP contribution in [0.1, 0.15) is 47.5 Å². The first kappa shape index (κ1) is 19.4. The minimum Gasteiger partial charge on any atom is -0.481 e. The van der Waals surface area contributed by atoms with E-state index in [0.717, 1.165) is 18.2 Å². The molecule has 1 amide bonds. The van der Waals surface area contributed by atoms with Gasteiger partial charge in [-0.05, 0) is 52.8 Å². The van der Waals surface area contributed by atoms with Crippen LogP contribution in [0.3, 0.4) is 0 Å². The molecule has 0 bridgehead atoms. The van der Waals surface area contributed by atoms with Gasteiger partial charge in [-0.15, -0.1) is 0 Å². The predicted octanol–water partition coefficient (Wildman–Crippen LogP) is 1.96. The fraction of sp³-hybridized carbons (Fsp3) is 0.524. The van der Waals surface area contributed by atoms with E-state index in [1.807, 2.05) is 0 Å². The summed E-state index contributed by atoms with van der Waals surface area (Å²) in [5.41, 5.74) is 0.197. The molecule has 1 aromatic carbocycles. The van der Waals surface area contributed by atoms with Crippen molar-refractivity contribution in [3.05, 3.63) is 40.8 Å². The quantitative estimate of drug-likeness (QED) is 0.803. The predicted molar refractivity (Wildman–Crippen MR) is 104 cm³/mol. The Morgan fingerprint density at radius 1 is 1.19 bits per heavy atom. The van der Waals surface area contributed by atoms with Gasteiger partial charge in [-0.1, -0.05) is 0 Å².